The van der Waals surface area contributed by atoms with Crippen LogP contribution in [0, 0.1) is 5.82 Å². The number of hydrazine groups is 1. The van der Waals surface area contributed by atoms with Gasteiger partial charge in [0.2, 0.25) is 11.8 Å². The first-order valence-electron chi connectivity index (χ1n) is 4.72. The summed E-state index contributed by atoms with van der Waals surface area (Å²) in [4.78, 5) is 7.69. The number of nitrogens with two attached hydrogens (primary N) is 1. The van der Waals surface area contributed by atoms with Crippen molar-refractivity contribution in [3.63, 3.8) is 0 Å². The fourth-order valence-electron chi connectivity index (χ4n) is 1.14. The second-order valence-corrected chi connectivity index (χ2v) is 4.43. The number of nitrogen functional groups attached to an aromatic ring is 1. The van der Waals surface area contributed by atoms with Crippen molar-refractivity contribution in [1.82, 2.24) is 9.97 Å². The highest BCUT2D eigenvalue weighted by Gasteiger charge is 2.09. The van der Waals surface area contributed by atoms with Crippen LogP contribution in [0.25, 0.3) is 0 Å². The fraction of sp³-hybridized carbons (Fsp3) is 0. The summed E-state index contributed by atoms with van der Waals surface area (Å²) in [7, 11) is 0. The molecule has 0 fully saturated rings. The number of aromatic nitrogens is 2. The van der Waals surface area contributed by atoms with E-state index in [0.29, 0.717) is 4.47 Å². The summed E-state index contributed by atoms with van der Waals surface area (Å²) in [6.07, 6.45) is 1.33. The fourth-order valence-corrected chi connectivity index (χ4v) is 1.52. The maximum Gasteiger partial charge on any atom is 0.243 e. The predicted molar refractivity (Wildman–Crippen MR) is 69.0 cm³/mol. The second-order valence-electron chi connectivity index (χ2n) is 3.17. The van der Waals surface area contributed by atoms with Crippen LogP contribution in [0.2, 0.25) is 5.02 Å². The Hall–Kier alpha value is -1.44. The summed E-state index contributed by atoms with van der Waals surface area (Å²) in [6, 6.07) is 4.29. The van der Waals surface area contributed by atoms with Gasteiger partial charge in [-0.3, -0.25) is 5.43 Å². The van der Waals surface area contributed by atoms with Gasteiger partial charge in [0.1, 0.15) is 16.6 Å². The van der Waals surface area contributed by atoms with E-state index in [-0.39, 0.29) is 22.6 Å². The van der Waals surface area contributed by atoms with Crippen LogP contribution in [0.4, 0.5) is 10.3 Å². The lowest BCUT2D eigenvalue weighted by atomic mass is 10.3. The van der Waals surface area contributed by atoms with Gasteiger partial charge in [-0.1, -0.05) is 11.6 Å². The van der Waals surface area contributed by atoms with Crippen LogP contribution in [0.3, 0.4) is 0 Å². The lowest BCUT2D eigenvalue weighted by molar-refractivity contribution is 0.457. The zero-order chi connectivity index (χ0) is 13.1. The molecule has 0 aliphatic rings. The van der Waals surface area contributed by atoms with Gasteiger partial charge in [-0.05, 0) is 28.1 Å². The minimum Gasteiger partial charge on any atom is -0.437 e. The molecule has 2 rings (SSSR count). The number of hydrogen-bond donors (Lipinski definition) is 2. The molecular formula is C10H7BrClFN4O. The van der Waals surface area contributed by atoms with Crippen molar-refractivity contribution in [1.29, 1.82) is 0 Å². The van der Waals surface area contributed by atoms with Crippen LogP contribution in [-0.4, -0.2) is 9.97 Å². The number of halogens is 3. The van der Waals surface area contributed by atoms with Gasteiger partial charge >= 0.3 is 0 Å². The Morgan fingerprint density at radius 2 is 2.22 bits per heavy atom. The van der Waals surface area contributed by atoms with Crippen molar-refractivity contribution in [2.24, 2.45) is 5.84 Å². The van der Waals surface area contributed by atoms with Crippen LogP contribution in [0.15, 0.2) is 28.9 Å². The Balaban J connectivity index is 2.30. The minimum atomic E-state index is -0.449. The third-order valence-electron chi connectivity index (χ3n) is 1.95. The standard InChI is InChI=1S/C10H7BrClFN4O/c11-6-2-1-5(3-8(6)13)18-9-7(12)4-15-10(16-9)17-14/h1-4H,14H2,(H,15,16,17). The topological polar surface area (TPSA) is 73.1 Å². The Labute approximate surface area is 115 Å². The summed E-state index contributed by atoms with van der Waals surface area (Å²) in [5.74, 6) is 5.21. The lowest BCUT2D eigenvalue weighted by Crippen LogP contribution is -2.10. The third-order valence-corrected chi connectivity index (χ3v) is 2.85. The van der Waals surface area contributed by atoms with E-state index in [1.54, 1.807) is 6.07 Å². The summed E-state index contributed by atoms with van der Waals surface area (Å²) in [6.45, 7) is 0. The Morgan fingerprint density at radius 1 is 1.44 bits per heavy atom. The zero-order valence-corrected chi connectivity index (χ0v) is 11.2. The molecule has 0 atom stereocenters. The SMILES string of the molecule is NNc1ncc(Cl)c(Oc2ccc(Br)c(F)c2)n1. The number of rotatable bonds is 3. The van der Waals surface area contributed by atoms with E-state index in [2.05, 4.69) is 31.3 Å². The maximum atomic E-state index is 13.3. The van der Waals surface area contributed by atoms with Gasteiger partial charge < -0.3 is 4.74 Å². The average molecular weight is 334 g/mol. The van der Waals surface area contributed by atoms with Gasteiger partial charge in [-0.25, -0.2) is 15.2 Å². The number of nitrogens with zero attached hydrogens (tertiary/aromatic N) is 2. The Morgan fingerprint density at radius 3 is 2.89 bits per heavy atom. The van der Waals surface area contributed by atoms with Crippen LogP contribution in [0.1, 0.15) is 0 Å². The first-order valence-corrected chi connectivity index (χ1v) is 5.89. The first-order chi connectivity index (χ1) is 8.60. The van der Waals surface area contributed by atoms with E-state index in [1.165, 1.54) is 18.3 Å². The third kappa shape index (κ3) is 2.87. The predicted octanol–water partition coefficient (Wildman–Crippen LogP) is 3.11. The van der Waals surface area contributed by atoms with Gasteiger partial charge in [0.05, 0.1) is 10.7 Å². The number of ether oxygens (including phenoxy) is 1. The molecule has 0 bridgehead atoms. The van der Waals surface area contributed by atoms with Crippen LogP contribution in [-0.2, 0) is 0 Å². The van der Waals surface area contributed by atoms with Gasteiger partial charge in [0.25, 0.3) is 0 Å². The highest BCUT2D eigenvalue weighted by atomic mass is 79.9. The number of anilines is 1. The molecule has 1 aromatic carbocycles. The van der Waals surface area contributed by atoms with Gasteiger partial charge in [0, 0.05) is 6.07 Å². The Bertz CT molecular complexity index is 584. The lowest BCUT2D eigenvalue weighted by Gasteiger charge is -2.07. The van der Waals surface area contributed by atoms with Crippen molar-refractivity contribution in [2.75, 3.05) is 5.43 Å². The molecule has 0 amide bonds. The molecule has 0 saturated carbocycles. The molecule has 5 nitrogen and oxygen atoms in total. The molecular weight excluding hydrogens is 326 g/mol. The van der Waals surface area contributed by atoms with Crippen molar-refractivity contribution in [3.8, 4) is 11.6 Å². The van der Waals surface area contributed by atoms with Crippen molar-refractivity contribution in [2.45, 2.75) is 0 Å². The normalized spacial score (nSPS) is 10.2. The highest BCUT2D eigenvalue weighted by Crippen LogP contribution is 2.29. The van der Waals surface area contributed by atoms with Crippen LogP contribution in [0.5, 0.6) is 11.6 Å². The van der Waals surface area contributed by atoms with E-state index in [9.17, 15) is 4.39 Å². The van der Waals surface area contributed by atoms with Gasteiger partial charge in [0.15, 0.2) is 0 Å². The molecule has 2 aromatic rings. The molecule has 1 heterocycles. The van der Waals surface area contributed by atoms with E-state index >= 15 is 0 Å². The molecule has 94 valence electrons. The summed E-state index contributed by atoms with van der Waals surface area (Å²) in [5, 5.41) is 0.192. The van der Waals surface area contributed by atoms with E-state index in [1.807, 2.05) is 0 Å². The second kappa shape index (κ2) is 5.47. The highest BCUT2D eigenvalue weighted by molar-refractivity contribution is 9.10. The van der Waals surface area contributed by atoms with Crippen molar-refractivity contribution in [3.05, 3.63) is 39.7 Å². The molecule has 0 aliphatic carbocycles. The molecule has 0 aliphatic heterocycles. The largest absolute Gasteiger partial charge is 0.437 e. The molecule has 0 spiro atoms. The summed E-state index contributed by atoms with van der Waals surface area (Å²) >= 11 is 8.90. The molecule has 0 radical (unpaired) electrons. The molecule has 1 aromatic heterocycles. The van der Waals surface area contributed by atoms with Crippen molar-refractivity contribution < 1.29 is 9.13 Å². The zero-order valence-electron chi connectivity index (χ0n) is 8.82. The number of hydrogen-bond acceptors (Lipinski definition) is 5. The molecule has 18 heavy (non-hydrogen) atoms. The van der Waals surface area contributed by atoms with Gasteiger partial charge in [-0.2, -0.15) is 4.98 Å². The quantitative estimate of drug-likeness (QED) is 0.667. The monoisotopic (exact) mass is 332 g/mol. The minimum absolute atomic E-state index is 0.0846. The van der Waals surface area contributed by atoms with Crippen molar-refractivity contribution >= 4 is 33.5 Å². The van der Waals surface area contributed by atoms with E-state index in [4.69, 9.17) is 22.2 Å². The Kier molecular flexibility index (Phi) is 3.95. The van der Waals surface area contributed by atoms with Crippen LogP contribution < -0.4 is 16.0 Å². The van der Waals surface area contributed by atoms with Gasteiger partial charge in [-0.15, -0.1) is 0 Å². The summed E-state index contributed by atoms with van der Waals surface area (Å²) < 4.78 is 19.0. The molecule has 0 saturated heterocycles. The number of nitrogens with one attached hydrogen (secondary N) is 1. The number of benzene rings is 1. The van der Waals surface area contributed by atoms with Crippen LogP contribution >= 0.6 is 27.5 Å². The average Bonchev–Trinajstić information content (AvgIpc) is 2.36. The molecule has 0 unspecified atom stereocenters. The first kappa shape index (κ1) is 13.0. The van der Waals surface area contributed by atoms with E-state index < -0.39 is 5.82 Å². The smallest absolute Gasteiger partial charge is 0.243 e. The molecule has 3 N–H and O–H groups in total. The summed E-state index contributed by atoms with van der Waals surface area (Å²) in [5.41, 5.74) is 2.26. The van der Waals surface area contributed by atoms with E-state index in [0.717, 1.165) is 0 Å². The molecule has 8 heteroatoms. The maximum absolute atomic E-state index is 13.3.